The molecule has 0 aliphatic carbocycles. The molecule has 0 unspecified atom stereocenters. The van der Waals surface area contributed by atoms with E-state index in [0.29, 0.717) is 0 Å². The second-order valence-corrected chi connectivity index (χ2v) is 5.86. The first-order chi connectivity index (χ1) is 8.59. The van der Waals surface area contributed by atoms with E-state index in [1.807, 2.05) is 18.5 Å². The van der Waals surface area contributed by atoms with Crippen LogP contribution in [-0.4, -0.2) is 19.7 Å². The van der Waals surface area contributed by atoms with Gasteiger partial charge in [-0.2, -0.15) is 5.10 Å². The minimum absolute atomic E-state index is 0.851. The molecule has 3 aromatic heterocycles. The molecule has 18 heavy (non-hydrogen) atoms. The zero-order valence-electron chi connectivity index (χ0n) is 10.2. The van der Waals surface area contributed by atoms with Crippen molar-refractivity contribution in [3.8, 4) is 5.82 Å². The zero-order chi connectivity index (χ0) is 12.9. The predicted molar refractivity (Wildman–Crippen MR) is 76.4 cm³/mol. The monoisotopic (exact) mass is 322 g/mol. The average molecular weight is 323 g/mol. The third-order valence-electron chi connectivity index (χ3n) is 2.92. The van der Waals surface area contributed by atoms with Crippen molar-refractivity contribution in [3.05, 3.63) is 33.1 Å². The molecular weight excluding hydrogens is 312 g/mol. The van der Waals surface area contributed by atoms with Crippen molar-refractivity contribution in [2.75, 3.05) is 0 Å². The van der Waals surface area contributed by atoms with Gasteiger partial charge in [0, 0.05) is 0 Å². The summed E-state index contributed by atoms with van der Waals surface area (Å²) in [5.41, 5.74) is 4.21. The molecule has 92 valence electrons. The van der Waals surface area contributed by atoms with Crippen molar-refractivity contribution in [3.63, 3.8) is 0 Å². The highest BCUT2D eigenvalue weighted by Crippen LogP contribution is 2.30. The first-order valence-corrected chi connectivity index (χ1v) is 7.17. The van der Waals surface area contributed by atoms with Gasteiger partial charge in [-0.3, -0.25) is 0 Å². The van der Waals surface area contributed by atoms with E-state index in [-0.39, 0.29) is 0 Å². The second kappa shape index (κ2) is 4.13. The van der Waals surface area contributed by atoms with Crippen LogP contribution in [0.25, 0.3) is 16.0 Å². The Kier molecular flexibility index (Phi) is 2.71. The molecule has 0 saturated carbocycles. The molecule has 3 rings (SSSR count). The highest BCUT2D eigenvalue weighted by atomic mass is 79.9. The van der Waals surface area contributed by atoms with Crippen LogP contribution >= 0.6 is 27.3 Å². The fraction of sp³-hybridized carbons (Fsp3) is 0.250. The number of nitrogens with zero attached hydrogens (tertiary/aromatic N) is 4. The summed E-state index contributed by atoms with van der Waals surface area (Å²) >= 11 is 5.20. The summed E-state index contributed by atoms with van der Waals surface area (Å²) in [4.78, 5) is 8.72. The molecule has 0 aliphatic rings. The molecule has 3 heterocycles. The van der Waals surface area contributed by atoms with Crippen molar-refractivity contribution >= 4 is 37.5 Å². The Bertz CT molecular complexity index is 744. The van der Waals surface area contributed by atoms with E-state index in [9.17, 15) is 0 Å². The maximum Gasteiger partial charge on any atom is 0.174 e. The smallest absolute Gasteiger partial charge is 0.174 e. The van der Waals surface area contributed by atoms with Gasteiger partial charge in [0.1, 0.15) is 6.33 Å². The summed E-state index contributed by atoms with van der Waals surface area (Å²) in [5, 5.41) is 6.63. The lowest BCUT2D eigenvalue weighted by Crippen LogP contribution is -2.02. The number of aryl methyl sites for hydroxylation is 2. The van der Waals surface area contributed by atoms with Crippen molar-refractivity contribution in [2.45, 2.75) is 20.8 Å². The van der Waals surface area contributed by atoms with Gasteiger partial charge in [-0.05, 0) is 47.6 Å². The summed E-state index contributed by atoms with van der Waals surface area (Å²) in [5.74, 6) is 0.851. The number of hydrogen-bond donors (Lipinski definition) is 0. The van der Waals surface area contributed by atoms with Crippen LogP contribution in [0.3, 0.4) is 0 Å². The molecule has 0 aromatic carbocycles. The molecule has 0 fully saturated rings. The van der Waals surface area contributed by atoms with E-state index in [0.717, 1.165) is 31.9 Å². The van der Waals surface area contributed by atoms with Crippen molar-refractivity contribution in [2.24, 2.45) is 0 Å². The number of hydrogen-bond acceptors (Lipinski definition) is 4. The van der Waals surface area contributed by atoms with Crippen molar-refractivity contribution in [1.29, 1.82) is 0 Å². The van der Waals surface area contributed by atoms with Crippen LogP contribution in [-0.2, 0) is 0 Å². The van der Waals surface area contributed by atoms with E-state index in [4.69, 9.17) is 0 Å². The van der Waals surface area contributed by atoms with E-state index >= 15 is 0 Å². The molecule has 0 aliphatic heterocycles. The molecule has 0 radical (unpaired) electrons. The number of fused-ring (bicyclic) bond motifs is 1. The highest BCUT2D eigenvalue weighted by molar-refractivity contribution is 9.10. The number of rotatable bonds is 1. The normalized spacial score (nSPS) is 11.3. The summed E-state index contributed by atoms with van der Waals surface area (Å²) < 4.78 is 3.98. The lowest BCUT2D eigenvalue weighted by Gasteiger charge is -2.04. The van der Waals surface area contributed by atoms with Crippen LogP contribution in [0.5, 0.6) is 0 Å². The average Bonchev–Trinajstić information content (AvgIpc) is 2.86. The highest BCUT2D eigenvalue weighted by Gasteiger charge is 2.15. The fourth-order valence-corrected chi connectivity index (χ4v) is 3.16. The Morgan fingerprint density at radius 3 is 2.67 bits per heavy atom. The Morgan fingerprint density at radius 1 is 1.22 bits per heavy atom. The standard InChI is InChI=1S/C12H11BrN4S/c1-6-4-18-11-10(6)14-5-15-12(11)17-8(3)9(13)7(2)16-17/h4-5H,1-3H3. The Labute approximate surface area is 117 Å². The quantitative estimate of drug-likeness (QED) is 0.688. The van der Waals surface area contributed by atoms with E-state index in [1.165, 1.54) is 5.56 Å². The Morgan fingerprint density at radius 2 is 2.00 bits per heavy atom. The van der Waals surface area contributed by atoms with Gasteiger partial charge in [-0.1, -0.05) is 0 Å². The zero-order valence-corrected chi connectivity index (χ0v) is 12.6. The van der Waals surface area contributed by atoms with E-state index in [1.54, 1.807) is 17.7 Å². The third kappa shape index (κ3) is 1.59. The van der Waals surface area contributed by atoms with Crippen LogP contribution in [0.1, 0.15) is 17.0 Å². The maximum atomic E-state index is 4.53. The van der Waals surface area contributed by atoms with Crippen molar-refractivity contribution in [1.82, 2.24) is 19.7 Å². The van der Waals surface area contributed by atoms with Crippen molar-refractivity contribution < 1.29 is 0 Å². The second-order valence-electron chi connectivity index (χ2n) is 4.19. The molecule has 0 spiro atoms. The van der Waals surface area contributed by atoms with Gasteiger partial charge in [0.2, 0.25) is 0 Å². The summed E-state index contributed by atoms with van der Waals surface area (Å²) in [6.07, 6.45) is 1.60. The summed E-state index contributed by atoms with van der Waals surface area (Å²) in [6.45, 7) is 6.07. The lowest BCUT2D eigenvalue weighted by molar-refractivity contribution is 0.811. The molecule has 6 heteroatoms. The van der Waals surface area contributed by atoms with Crippen LogP contribution in [0.4, 0.5) is 0 Å². The third-order valence-corrected chi connectivity index (χ3v) is 5.15. The van der Waals surface area contributed by atoms with E-state index < -0.39 is 0 Å². The number of thiophene rings is 1. The molecular formula is C12H11BrN4S. The molecule has 0 amide bonds. The SMILES string of the molecule is Cc1nn(-c2ncnc3c(C)csc23)c(C)c1Br. The van der Waals surface area contributed by atoms with Gasteiger partial charge in [0.25, 0.3) is 0 Å². The molecule has 4 nitrogen and oxygen atoms in total. The fourth-order valence-electron chi connectivity index (χ4n) is 1.94. The molecule has 3 aromatic rings. The lowest BCUT2D eigenvalue weighted by atomic mass is 10.3. The van der Waals surface area contributed by atoms with E-state index in [2.05, 4.69) is 43.3 Å². The summed E-state index contributed by atoms with van der Waals surface area (Å²) in [7, 11) is 0. The van der Waals surface area contributed by atoms with Gasteiger partial charge in [0.05, 0.1) is 26.1 Å². The molecule has 0 saturated heterocycles. The Hall–Kier alpha value is -1.27. The molecule has 0 atom stereocenters. The summed E-state index contributed by atoms with van der Waals surface area (Å²) in [6, 6.07) is 0. The van der Waals surface area contributed by atoms with Gasteiger partial charge in [0.15, 0.2) is 5.82 Å². The van der Waals surface area contributed by atoms with Gasteiger partial charge < -0.3 is 0 Å². The minimum atomic E-state index is 0.851. The van der Waals surface area contributed by atoms with Gasteiger partial charge in [-0.25, -0.2) is 14.6 Å². The van der Waals surface area contributed by atoms with Crippen LogP contribution in [0, 0.1) is 20.8 Å². The predicted octanol–water partition coefficient (Wildman–Crippen LogP) is 3.56. The van der Waals surface area contributed by atoms with Crippen LogP contribution < -0.4 is 0 Å². The number of aromatic nitrogens is 4. The van der Waals surface area contributed by atoms with Gasteiger partial charge >= 0.3 is 0 Å². The van der Waals surface area contributed by atoms with Crippen LogP contribution in [0.15, 0.2) is 16.2 Å². The molecule has 0 N–H and O–H groups in total. The topological polar surface area (TPSA) is 43.6 Å². The largest absolute Gasteiger partial charge is 0.235 e. The number of halogens is 1. The minimum Gasteiger partial charge on any atom is -0.235 e. The first kappa shape index (κ1) is 11.8. The maximum absolute atomic E-state index is 4.53. The van der Waals surface area contributed by atoms with Gasteiger partial charge in [-0.15, -0.1) is 11.3 Å². The Balaban J connectivity index is 2.35. The first-order valence-electron chi connectivity index (χ1n) is 5.50. The molecule has 0 bridgehead atoms. The van der Waals surface area contributed by atoms with Crippen LogP contribution in [0.2, 0.25) is 0 Å².